The minimum absolute atomic E-state index is 0.760. The van der Waals surface area contributed by atoms with Crippen molar-refractivity contribution in [3.05, 3.63) is 16.5 Å². The average molecular weight is 155 g/mol. The normalized spacial score (nSPS) is 12.0. The summed E-state index contributed by atoms with van der Waals surface area (Å²) in [4.78, 5) is 4.10. The van der Waals surface area contributed by atoms with Crippen molar-refractivity contribution in [2.45, 2.75) is 13.8 Å². The van der Waals surface area contributed by atoms with Crippen LogP contribution in [0.3, 0.4) is 0 Å². The summed E-state index contributed by atoms with van der Waals surface area (Å²) in [6.07, 6.45) is 1.81. The van der Waals surface area contributed by atoms with Crippen LogP contribution in [0.2, 0.25) is 0 Å². The van der Waals surface area contributed by atoms with Gasteiger partial charge in [0.05, 0.1) is 0 Å². The van der Waals surface area contributed by atoms with Gasteiger partial charge >= 0.3 is 0 Å². The Bertz CT molecular complexity index is 247. The largest absolute Gasteiger partial charge is 0.402 e. The molecule has 1 rings (SSSR count). The summed E-state index contributed by atoms with van der Waals surface area (Å²) in [7, 11) is 0. The van der Waals surface area contributed by atoms with Crippen molar-refractivity contribution in [3.63, 3.8) is 0 Å². The molecule has 0 aliphatic carbocycles. The molecule has 1 heterocycles. The Hall–Kier alpha value is -0.900. The molecule has 54 valence electrons. The van der Waals surface area contributed by atoms with E-state index in [1.165, 1.54) is 11.5 Å². The van der Waals surface area contributed by atoms with E-state index in [0.717, 1.165) is 16.5 Å². The van der Waals surface area contributed by atoms with Crippen molar-refractivity contribution in [3.8, 4) is 0 Å². The van der Waals surface area contributed by atoms with E-state index in [2.05, 4.69) is 9.36 Å². The molecular weight excluding hydrogens is 146 g/mol. The highest BCUT2D eigenvalue weighted by atomic mass is 32.1. The number of hydrogen-bond donors (Lipinski definition) is 1. The fourth-order valence-corrected chi connectivity index (χ4v) is 1.24. The van der Waals surface area contributed by atoms with E-state index in [9.17, 15) is 0 Å². The molecule has 10 heavy (non-hydrogen) atoms. The van der Waals surface area contributed by atoms with Gasteiger partial charge in [0.15, 0.2) is 0 Å². The Morgan fingerprint density at radius 2 is 2.40 bits per heavy atom. The molecule has 0 aliphatic rings. The molecule has 0 amide bonds. The molecule has 2 N–H and O–H groups in total. The van der Waals surface area contributed by atoms with Crippen LogP contribution in [0.1, 0.15) is 17.8 Å². The van der Waals surface area contributed by atoms with E-state index in [-0.39, 0.29) is 0 Å². The highest BCUT2D eigenvalue weighted by Crippen LogP contribution is 2.06. The summed E-state index contributed by atoms with van der Waals surface area (Å²) < 4.78 is 4.00. The number of aromatic nitrogens is 2. The number of rotatable bonds is 1. The Labute approximate surface area is 63.8 Å². The van der Waals surface area contributed by atoms with Crippen molar-refractivity contribution < 1.29 is 0 Å². The maximum atomic E-state index is 5.43. The highest BCUT2D eigenvalue weighted by Gasteiger charge is 1.94. The Morgan fingerprint density at radius 3 is 2.80 bits per heavy atom. The first-order valence-electron chi connectivity index (χ1n) is 2.92. The van der Waals surface area contributed by atoms with Crippen LogP contribution < -0.4 is 5.73 Å². The number of hydrogen-bond acceptors (Lipinski definition) is 4. The van der Waals surface area contributed by atoms with Crippen molar-refractivity contribution in [1.82, 2.24) is 9.36 Å². The van der Waals surface area contributed by atoms with Gasteiger partial charge in [0, 0.05) is 5.70 Å². The summed E-state index contributed by atoms with van der Waals surface area (Å²) in [6, 6.07) is 0. The van der Waals surface area contributed by atoms with Crippen LogP contribution in [0.15, 0.2) is 5.70 Å². The molecule has 0 aromatic carbocycles. The second kappa shape index (κ2) is 2.79. The van der Waals surface area contributed by atoms with E-state index in [1.807, 2.05) is 19.9 Å². The fourth-order valence-electron chi connectivity index (χ4n) is 0.567. The SMILES string of the molecule is CC(N)=Cc1nc(C)ns1. The fraction of sp³-hybridized carbons (Fsp3) is 0.333. The molecule has 0 atom stereocenters. The van der Waals surface area contributed by atoms with Crippen LogP contribution in [0.5, 0.6) is 0 Å². The topological polar surface area (TPSA) is 51.8 Å². The highest BCUT2D eigenvalue weighted by molar-refractivity contribution is 7.06. The van der Waals surface area contributed by atoms with Crippen LogP contribution in [0.4, 0.5) is 0 Å². The van der Waals surface area contributed by atoms with Crippen molar-refractivity contribution >= 4 is 17.6 Å². The molecule has 1 aromatic rings. The van der Waals surface area contributed by atoms with E-state index < -0.39 is 0 Å². The summed E-state index contributed by atoms with van der Waals surface area (Å²) in [5, 5.41) is 0.873. The molecule has 0 bridgehead atoms. The van der Waals surface area contributed by atoms with Gasteiger partial charge in [0.1, 0.15) is 10.8 Å². The molecule has 0 saturated heterocycles. The maximum absolute atomic E-state index is 5.43. The Morgan fingerprint density at radius 1 is 1.70 bits per heavy atom. The standard InChI is InChI=1S/C6H9N3S/c1-4(7)3-6-8-5(2)9-10-6/h3H,7H2,1-2H3. The molecule has 3 nitrogen and oxygen atoms in total. The lowest BCUT2D eigenvalue weighted by atomic mass is 10.5. The van der Waals surface area contributed by atoms with Gasteiger partial charge in [-0.2, -0.15) is 4.37 Å². The zero-order valence-corrected chi connectivity index (χ0v) is 6.77. The minimum Gasteiger partial charge on any atom is -0.402 e. The van der Waals surface area contributed by atoms with Crippen molar-refractivity contribution in [1.29, 1.82) is 0 Å². The summed E-state index contributed by atoms with van der Waals surface area (Å²) in [5.74, 6) is 0.803. The van der Waals surface area contributed by atoms with E-state index >= 15 is 0 Å². The monoisotopic (exact) mass is 155 g/mol. The molecule has 0 fully saturated rings. The van der Waals surface area contributed by atoms with Gasteiger partial charge < -0.3 is 5.73 Å². The zero-order chi connectivity index (χ0) is 7.56. The molecule has 1 aromatic heterocycles. The average Bonchev–Trinajstić information content (AvgIpc) is 2.13. The van der Waals surface area contributed by atoms with E-state index in [4.69, 9.17) is 5.73 Å². The molecule has 0 spiro atoms. The van der Waals surface area contributed by atoms with Gasteiger partial charge in [-0.1, -0.05) is 0 Å². The van der Waals surface area contributed by atoms with Gasteiger partial charge in [0.2, 0.25) is 0 Å². The second-order valence-electron chi connectivity index (χ2n) is 2.07. The number of nitrogens with two attached hydrogens (primary N) is 1. The molecule has 0 saturated carbocycles. The third kappa shape index (κ3) is 1.80. The Kier molecular flexibility index (Phi) is 2.01. The molecule has 0 aliphatic heterocycles. The quantitative estimate of drug-likeness (QED) is 0.662. The van der Waals surface area contributed by atoms with Crippen LogP contribution in [-0.2, 0) is 0 Å². The third-order valence-electron chi connectivity index (χ3n) is 0.894. The maximum Gasteiger partial charge on any atom is 0.139 e. The molecule has 0 radical (unpaired) electrons. The van der Waals surface area contributed by atoms with E-state index in [1.54, 1.807) is 0 Å². The lowest BCUT2D eigenvalue weighted by Gasteiger charge is -1.83. The Balaban J connectivity index is 2.86. The van der Waals surface area contributed by atoms with Gasteiger partial charge in [-0.05, 0) is 31.5 Å². The minimum atomic E-state index is 0.760. The van der Waals surface area contributed by atoms with Gasteiger partial charge in [-0.3, -0.25) is 0 Å². The first kappa shape index (κ1) is 7.21. The lowest BCUT2D eigenvalue weighted by Crippen LogP contribution is -1.88. The van der Waals surface area contributed by atoms with Crippen molar-refractivity contribution in [2.75, 3.05) is 0 Å². The van der Waals surface area contributed by atoms with Gasteiger partial charge in [-0.25, -0.2) is 4.98 Å². The predicted molar refractivity (Wildman–Crippen MR) is 42.5 cm³/mol. The van der Waals surface area contributed by atoms with Gasteiger partial charge in [-0.15, -0.1) is 0 Å². The van der Waals surface area contributed by atoms with Crippen LogP contribution in [0, 0.1) is 6.92 Å². The zero-order valence-electron chi connectivity index (χ0n) is 5.96. The van der Waals surface area contributed by atoms with Crippen LogP contribution in [0.25, 0.3) is 6.08 Å². The summed E-state index contributed by atoms with van der Waals surface area (Å²) in [6.45, 7) is 3.69. The van der Waals surface area contributed by atoms with Crippen LogP contribution >= 0.6 is 11.5 Å². The number of allylic oxidation sites excluding steroid dienone is 1. The number of aryl methyl sites for hydroxylation is 1. The van der Waals surface area contributed by atoms with E-state index in [0.29, 0.717) is 0 Å². The first-order valence-corrected chi connectivity index (χ1v) is 3.70. The smallest absolute Gasteiger partial charge is 0.139 e. The first-order chi connectivity index (χ1) is 4.68. The molecule has 0 unspecified atom stereocenters. The number of nitrogens with zero attached hydrogens (tertiary/aromatic N) is 2. The van der Waals surface area contributed by atoms with Gasteiger partial charge in [0.25, 0.3) is 0 Å². The van der Waals surface area contributed by atoms with Crippen molar-refractivity contribution in [2.24, 2.45) is 5.73 Å². The molecular formula is C6H9N3S. The summed E-state index contributed by atoms with van der Waals surface area (Å²) in [5.41, 5.74) is 6.19. The molecule has 4 heteroatoms. The predicted octanol–water partition coefficient (Wildman–Crippen LogP) is 1.17. The lowest BCUT2D eigenvalue weighted by molar-refractivity contribution is 1.15. The third-order valence-corrected chi connectivity index (χ3v) is 1.65. The van der Waals surface area contributed by atoms with Crippen LogP contribution in [-0.4, -0.2) is 9.36 Å². The second-order valence-corrected chi connectivity index (χ2v) is 2.85. The summed E-state index contributed by atoms with van der Waals surface area (Å²) >= 11 is 1.36.